The summed E-state index contributed by atoms with van der Waals surface area (Å²) in [7, 11) is 0. The van der Waals surface area contributed by atoms with Crippen molar-refractivity contribution in [3.8, 4) is 0 Å². The second-order valence-electron chi connectivity index (χ2n) is 4.28. The summed E-state index contributed by atoms with van der Waals surface area (Å²) in [6, 6.07) is 10.4. The van der Waals surface area contributed by atoms with Gasteiger partial charge in [-0.1, -0.05) is 50.3 Å². The van der Waals surface area contributed by atoms with Crippen LogP contribution in [0.2, 0.25) is 0 Å². The SMILES string of the molecule is CC1C=C(c2ccccc2)C=C(N)C1C. The highest BCUT2D eigenvalue weighted by atomic mass is 14.6. The molecule has 0 radical (unpaired) electrons. The molecule has 1 aliphatic carbocycles. The van der Waals surface area contributed by atoms with Crippen LogP contribution in [0.1, 0.15) is 19.4 Å². The smallest absolute Gasteiger partial charge is 0.0121 e. The molecule has 1 nitrogen and oxygen atoms in total. The van der Waals surface area contributed by atoms with Gasteiger partial charge in [0.05, 0.1) is 0 Å². The molecule has 2 atom stereocenters. The number of hydrogen-bond acceptors (Lipinski definition) is 1. The maximum atomic E-state index is 6.02. The lowest BCUT2D eigenvalue weighted by atomic mass is 9.84. The highest BCUT2D eigenvalue weighted by molar-refractivity contribution is 5.75. The van der Waals surface area contributed by atoms with Gasteiger partial charge in [-0.3, -0.25) is 0 Å². The van der Waals surface area contributed by atoms with Crippen LogP contribution in [-0.4, -0.2) is 0 Å². The Labute approximate surface area is 91.3 Å². The van der Waals surface area contributed by atoms with Crippen LogP contribution >= 0.6 is 0 Å². The maximum Gasteiger partial charge on any atom is 0.0121 e. The third-order valence-corrected chi connectivity index (χ3v) is 3.19. The van der Waals surface area contributed by atoms with Crippen LogP contribution in [0.4, 0.5) is 0 Å². The molecule has 0 amide bonds. The van der Waals surface area contributed by atoms with Crippen molar-refractivity contribution in [1.29, 1.82) is 0 Å². The van der Waals surface area contributed by atoms with E-state index in [0.29, 0.717) is 11.8 Å². The summed E-state index contributed by atoms with van der Waals surface area (Å²) in [5, 5.41) is 0. The number of allylic oxidation sites excluding steroid dienone is 4. The van der Waals surface area contributed by atoms with Gasteiger partial charge in [-0.15, -0.1) is 0 Å². The normalized spacial score (nSPS) is 25.7. The lowest BCUT2D eigenvalue weighted by molar-refractivity contribution is 0.520. The largest absolute Gasteiger partial charge is 0.402 e. The number of nitrogens with two attached hydrogens (primary N) is 1. The molecular weight excluding hydrogens is 182 g/mol. The first kappa shape index (κ1) is 10.0. The standard InChI is InChI=1S/C14H17N/c1-10-8-13(9-14(15)11(10)2)12-6-4-3-5-7-12/h3-11H,15H2,1-2H3. The Bertz CT molecular complexity index is 401. The average molecular weight is 199 g/mol. The Hall–Kier alpha value is -1.50. The molecule has 1 aromatic rings. The second kappa shape index (κ2) is 3.93. The molecule has 0 saturated carbocycles. The molecular formula is C14H17N. The number of rotatable bonds is 1. The van der Waals surface area contributed by atoms with E-state index in [4.69, 9.17) is 5.73 Å². The van der Waals surface area contributed by atoms with Crippen molar-refractivity contribution in [2.24, 2.45) is 17.6 Å². The van der Waals surface area contributed by atoms with Gasteiger partial charge >= 0.3 is 0 Å². The lowest BCUT2D eigenvalue weighted by Crippen LogP contribution is -2.18. The van der Waals surface area contributed by atoms with Crippen LogP contribution in [-0.2, 0) is 0 Å². The Morgan fingerprint density at radius 1 is 1.07 bits per heavy atom. The van der Waals surface area contributed by atoms with Gasteiger partial charge in [0.15, 0.2) is 0 Å². The quantitative estimate of drug-likeness (QED) is 0.738. The summed E-state index contributed by atoms with van der Waals surface area (Å²) in [6.07, 6.45) is 4.40. The van der Waals surface area contributed by atoms with Gasteiger partial charge in [0.2, 0.25) is 0 Å². The highest BCUT2D eigenvalue weighted by Gasteiger charge is 2.18. The maximum absolute atomic E-state index is 6.02. The predicted molar refractivity (Wildman–Crippen MR) is 65.0 cm³/mol. The third kappa shape index (κ3) is 1.96. The van der Waals surface area contributed by atoms with Crippen LogP contribution in [0.15, 0.2) is 48.2 Å². The molecule has 0 spiro atoms. The summed E-state index contributed by atoms with van der Waals surface area (Å²) in [5.41, 5.74) is 9.50. The first-order chi connectivity index (χ1) is 7.18. The van der Waals surface area contributed by atoms with Crippen LogP contribution in [0.3, 0.4) is 0 Å². The first-order valence-electron chi connectivity index (χ1n) is 5.43. The van der Waals surface area contributed by atoms with Crippen LogP contribution in [0.5, 0.6) is 0 Å². The van der Waals surface area contributed by atoms with E-state index in [0.717, 1.165) is 5.70 Å². The van der Waals surface area contributed by atoms with E-state index in [9.17, 15) is 0 Å². The zero-order valence-corrected chi connectivity index (χ0v) is 9.27. The van der Waals surface area contributed by atoms with Gasteiger partial charge in [0, 0.05) is 11.6 Å². The molecule has 78 valence electrons. The second-order valence-corrected chi connectivity index (χ2v) is 4.28. The van der Waals surface area contributed by atoms with Gasteiger partial charge in [0.25, 0.3) is 0 Å². The number of hydrogen-bond donors (Lipinski definition) is 1. The van der Waals surface area contributed by atoms with E-state index in [-0.39, 0.29) is 0 Å². The molecule has 1 aliphatic rings. The molecule has 0 aromatic heterocycles. The van der Waals surface area contributed by atoms with E-state index in [1.54, 1.807) is 0 Å². The van der Waals surface area contributed by atoms with E-state index >= 15 is 0 Å². The molecule has 0 bridgehead atoms. The first-order valence-corrected chi connectivity index (χ1v) is 5.43. The Morgan fingerprint density at radius 2 is 1.73 bits per heavy atom. The van der Waals surface area contributed by atoms with Gasteiger partial charge in [-0.25, -0.2) is 0 Å². The fraction of sp³-hybridized carbons (Fsp3) is 0.286. The molecule has 0 saturated heterocycles. The van der Waals surface area contributed by atoms with Crippen LogP contribution in [0, 0.1) is 11.8 Å². The van der Waals surface area contributed by atoms with E-state index in [1.807, 2.05) is 6.07 Å². The summed E-state index contributed by atoms with van der Waals surface area (Å²) in [4.78, 5) is 0. The Kier molecular flexibility index (Phi) is 2.63. The van der Waals surface area contributed by atoms with Crippen molar-refractivity contribution in [3.05, 3.63) is 53.7 Å². The molecule has 15 heavy (non-hydrogen) atoms. The average Bonchev–Trinajstić information content (AvgIpc) is 2.26. The van der Waals surface area contributed by atoms with E-state index in [2.05, 4.69) is 50.3 Å². The minimum atomic E-state index is 0.456. The zero-order valence-electron chi connectivity index (χ0n) is 9.27. The lowest BCUT2D eigenvalue weighted by Gasteiger charge is -2.23. The molecule has 0 fully saturated rings. The van der Waals surface area contributed by atoms with Gasteiger partial charge in [0.1, 0.15) is 0 Å². The molecule has 1 aromatic carbocycles. The van der Waals surface area contributed by atoms with E-state index < -0.39 is 0 Å². The van der Waals surface area contributed by atoms with Gasteiger partial charge < -0.3 is 5.73 Å². The molecule has 0 aliphatic heterocycles. The van der Waals surface area contributed by atoms with Gasteiger partial charge in [-0.2, -0.15) is 0 Å². The fourth-order valence-electron chi connectivity index (χ4n) is 1.90. The van der Waals surface area contributed by atoms with Crippen LogP contribution < -0.4 is 5.73 Å². The van der Waals surface area contributed by atoms with Crippen molar-refractivity contribution < 1.29 is 0 Å². The monoisotopic (exact) mass is 199 g/mol. The Balaban J connectivity index is 2.37. The van der Waals surface area contributed by atoms with Crippen molar-refractivity contribution in [3.63, 3.8) is 0 Å². The van der Waals surface area contributed by atoms with Gasteiger partial charge in [-0.05, 0) is 23.1 Å². The van der Waals surface area contributed by atoms with E-state index in [1.165, 1.54) is 11.1 Å². The molecule has 2 unspecified atom stereocenters. The number of benzene rings is 1. The highest BCUT2D eigenvalue weighted by Crippen LogP contribution is 2.30. The molecule has 0 heterocycles. The Morgan fingerprint density at radius 3 is 2.33 bits per heavy atom. The summed E-state index contributed by atoms with van der Waals surface area (Å²) in [5.74, 6) is 0.975. The van der Waals surface area contributed by atoms with Crippen molar-refractivity contribution in [1.82, 2.24) is 0 Å². The predicted octanol–water partition coefficient (Wildman–Crippen LogP) is 3.20. The summed E-state index contributed by atoms with van der Waals surface area (Å²) >= 11 is 0. The zero-order chi connectivity index (χ0) is 10.8. The molecule has 1 heteroatoms. The fourth-order valence-corrected chi connectivity index (χ4v) is 1.90. The van der Waals surface area contributed by atoms with Crippen molar-refractivity contribution >= 4 is 5.57 Å². The third-order valence-electron chi connectivity index (χ3n) is 3.19. The molecule has 2 N–H and O–H groups in total. The molecule has 2 rings (SSSR count). The summed E-state index contributed by atoms with van der Waals surface area (Å²) < 4.78 is 0. The van der Waals surface area contributed by atoms with Crippen molar-refractivity contribution in [2.45, 2.75) is 13.8 Å². The topological polar surface area (TPSA) is 26.0 Å². The summed E-state index contributed by atoms with van der Waals surface area (Å²) in [6.45, 7) is 4.39. The van der Waals surface area contributed by atoms with Crippen molar-refractivity contribution in [2.75, 3.05) is 0 Å². The van der Waals surface area contributed by atoms with Crippen LogP contribution in [0.25, 0.3) is 5.57 Å². The minimum Gasteiger partial charge on any atom is -0.402 e. The minimum absolute atomic E-state index is 0.456.